The molecule has 1 N–H and O–H groups in total. The number of rotatable bonds is 6. The summed E-state index contributed by atoms with van der Waals surface area (Å²) in [6, 6.07) is 8.19. The monoisotopic (exact) mass is 349 g/mol. The van der Waals surface area contributed by atoms with E-state index >= 15 is 0 Å². The van der Waals surface area contributed by atoms with E-state index in [2.05, 4.69) is 5.32 Å². The summed E-state index contributed by atoms with van der Waals surface area (Å²) in [4.78, 5) is 23.3. The molecule has 0 fully saturated rings. The van der Waals surface area contributed by atoms with Crippen LogP contribution in [0.4, 0.5) is 14.5 Å². The minimum Gasteiger partial charge on any atom is -0.482 e. The zero-order valence-corrected chi connectivity index (χ0v) is 13.8. The van der Waals surface area contributed by atoms with Crippen LogP contribution in [0.5, 0.6) is 5.75 Å². The molecule has 0 aromatic heterocycles. The van der Waals surface area contributed by atoms with E-state index in [1.54, 1.807) is 6.07 Å². The third-order valence-corrected chi connectivity index (χ3v) is 3.26. The van der Waals surface area contributed by atoms with Crippen LogP contribution in [0.25, 0.3) is 0 Å². The second kappa shape index (κ2) is 8.23. The van der Waals surface area contributed by atoms with Gasteiger partial charge in [-0.15, -0.1) is 0 Å². The molecule has 0 unspecified atom stereocenters. The molecule has 0 saturated carbocycles. The van der Waals surface area contributed by atoms with Crippen LogP contribution in [0, 0.1) is 25.5 Å². The molecule has 0 atom stereocenters. The summed E-state index contributed by atoms with van der Waals surface area (Å²) in [7, 11) is 0. The summed E-state index contributed by atoms with van der Waals surface area (Å²) in [5.41, 5.74) is 1.51. The van der Waals surface area contributed by atoms with Gasteiger partial charge in [0.15, 0.2) is 13.2 Å². The summed E-state index contributed by atoms with van der Waals surface area (Å²) < 4.78 is 36.5. The standard InChI is InChI=1S/C18H17F2NO4/c1-11-3-4-12(2)16(7-11)24-10-18(23)25-9-17(22)21-15-8-13(19)5-6-14(15)20/h3-8H,9-10H2,1-2H3,(H,21,22). The van der Waals surface area contributed by atoms with Crippen LogP contribution in [0.3, 0.4) is 0 Å². The second-order valence-corrected chi connectivity index (χ2v) is 5.39. The molecule has 0 radical (unpaired) electrons. The van der Waals surface area contributed by atoms with Crippen molar-refractivity contribution < 1.29 is 27.8 Å². The van der Waals surface area contributed by atoms with Gasteiger partial charge in [-0.3, -0.25) is 4.79 Å². The van der Waals surface area contributed by atoms with Crippen molar-refractivity contribution in [3.05, 3.63) is 59.2 Å². The van der Waals surface area contributed by atoms with E-state index in [-0.39, 0.29) is 12.3 Å². The molecule has 2 rings (SSSR count). The number of carbonyl (C=O) groups is 2. The fraction of sp³-hybridized carbons (Fsp3) is 0.222. The van der Waals surface area contributed by atoms with Crippen LogP contribution in [0.1, 0.15) is 11.1 Å². The predicted octanol–water partition coefficient (Wildman–Crippen LogP) is 3.14. The summed E-state index contributed by atoms with van der Waals surface area (Å²) in [5, 5.41) is 2.12. The molecule has 0 saturated heterocycles. The number of aryl methyl sites for hydroxylation is 2. The first-order valence-electron chi connectivity index (χ1n) is 7.45. The summed E-state index contributed by atoms with van der Waals surface area (Å²) >= 11 is 0. The summed E-state index contributed by atoms with van der Waals surface area (Å²) in [5.74, 6) is -2.49. The van der Waals surface area contributed by atoms with Crippen molar-refractivity contribution in [3.63, 3.8) is 0 Å². The van der Waals surface area contributed by atoms with E-state index in [4.69, 9.17) is 9.47 Å². The van der Waals surface area contributed by atoms with Crippen molar-refractivity contribution >= 4 is 17.6 Å². The maximum absolute atomic E-state index is 13.4. The number of nitrogens with one attached hydrogen (secondary N) is 1. The predicted molar refractivity (Wildman–Crippen MR) is 87.4 cm³/mol. The number of hydrogen-bond acceptors (Lipinski definition) is 4. The molecule has 0 heterocycles. The smallest absolute Gasteiger partial charge is 0.344 e. The normalized spacial score (nSPS) is 10.2. The quantitative estimate of drug-likeness (QED) is 0.814. The van der Waals surface area contributed by atoms with Gasteiger partial charge in [-0.2, -0.15) is 0 Å². The van der Waals surface area contributed by atoms with Gasteiger partial charge in [0.1, 0.15) is 17.4 Å². The van der Waals surface area contributed by atoms with Crippen molar-refractivity contribution in [2.75, 3.05) is 18.5 Å². The van der Waals surface area contributed by atoms with Gasteiger partial charge in [-0.25, -0.2) is 13.6 Å². The number of amides is 1. The Labute approximate surface area is 143 Å². The Morgan fingerprint density at radius 3 is 2.56 bits per heavy atom. The highest BCUT2D eigenvalue weighted by Crippen LogP contribution is 2.19. The minimum absolute atomic E-state index is 0.326. The molecule has 0 aliphatic carbocycles. The molecular formula is C18H17F2NO4. The Morgan fingerprint density at radius 1 is 1.04 bits per heavy atom. The van der Waals surface area contributed by atoms with E-state index < -0.39 is 30.1 Å². The van der Waals surface area contributed by atoms with E-state index in [9.17, 15) is 18.4 Å². The molecule has 0 aliphatic heterocycles. The zero-order chi connectivity index (χ0) is 18.4. The van der Waals surface area contributed by atoms with Gasteiger partial charge in [0.2, 0.25) is 0 Å². The molecule has 0 bridgehead atoms. The molecule has 25 heavy (non-hydrogen) atoms. The van der Waals surface area contributed by atoms with Crippen molar-refractivity contribution in [2.24, 2.45) is 0 Å². The van der Waals surface area contributed by atoms with Crippen molar-refractivity contribution in [3.8, 4) is 5.75 Å². The largest absolute Gasteiger partial charge is 0.482 e. The van der Waals surface area contributed by atoms with Crippen molar-refractivity contribution in [1.82, 2.24) is 0 Å². The average Bonchev–Trinajstić information content (AvgIpc) is 2.57. The first-order valence-corrected chi connectivity index (χ1v) is 7.45. The van der Waals surface area contributed by atoms with Gasteiger partial charge in [0.25, 0.3) is 5.91 Å². The number of esters is 1. The van der Waals surface area contributed by atoms with Crippen molar-refractivity contribution in [2.45, 2.75) is 13.8 Å². The number of benzene rings is 2. The lowest BCUT2D eigenvalue weighted by atomic mass is 10.1. The Morgan fingerprint density at radius 2 is 1.80 bits per heavy atom. The molecule has 1 amide bonds. The summed E-state index contributed by atoms with van der Waals surface area (Å²) in [6.07, 6.45) is 0. The minimum atomic E-state index is -0.792. The number of hydrogen-bond donors (Lipinski definition) is 1. The van der Waals surface area contributed by atoms with Gasteiger partial charge < -0.3 is 14.8 Å². The Balaban J connectivity index is 1.80. The third kappa shape index (κ3) is 5.56. The van der Waals surface area contributed by atoms with Crippen LogP contribution in [-0.2, 0) is 14.3 Å². The molecule has 0 aliphatic rings. The van der Waals surface area contributed by atoms with Gasteiger partial charge in [-0.1, -0.05) is 12.1 Å². The van der Waals surface area contributed by atoms with Crippen LogP contribution in [0.15, 0.2) is 36.4 Å². The lowest BCUT2D eigenvalue weighted by molar-refractivity contribution is -0.149. The second-order valence-electron chi connectivity index (χ2n) is 5.39. The Kier molecular flexibility index (Phi) is 6.05. The van der Waals surface area contributed by atoms with Gasteiger partial charge >= 0.3 is 5.97 Å². The molecule has 5 nitrogen and oxygen atoms in total. The van der Waals surface area contributed by atoms with Gasteiger partial charge in [0.05, 0.1) is 5.69 Å². The lowest BCUT2D eigenvalue weighted by Gasteiger charge is -2.10. The Hall–Kier alpha value is -2.96. The van der Waals surface area contributed by atoms with E-state index in [0.717, 1.165) is 29.3 Å². The third-order valence-electron chi connectivity index (χ3n) is 3.26. The summed E-state index contributed by atoms with van der Waals surface area (Å²) in [6.45, 7) is 2.72. The Bertz CT molecular complexity index is 793. The highest BCUT2D eigenvalue weighted by molar-refractivity contribution is 5.92. The van der Waals surface area contributed by atoms with Gasteiger partial charge in [-0.05, 0) is 43.2 Å². The van der Waals surface area contributed by atoms with E-state index in [0.29, 0.717) is 5.75 Å². The lowest BCUT2D eigenvalue weighted by Crippen LogP contribution is -2.24. The average molecular weight is 349 g/mol. The molecular weight excluding hydrogens is 332 g/mol. The molecule has 0 spiro atoms. The van der Waals surface area contributed by atoms with Crippen molar-refractivity contribution in [1.29, 1.82) is 0 Å². The van der Waals surface area contributed by atoms with E-state index in [1.165, 1.54) is 0 Å². The number of carbonyl (C=O) groups excluding carboxylic acids is 2. The first-order chi connectivity index (χ1) is 11.8. The molecule has 2 aromatic carbocycles. The maximum atomic E-state index is 13.4. The highest BCUT2D eigenvalue weighted by atomic mass is 19.1. The first kappa shape index (κ1) is 18.4. The van der Waals surface area contributed by atoms with Crippen LogP contribution in [0.2, 0.25) is 0 Å². The maximum Gasteiger partial charge on any atom is 0.344 e. The number of anilines is 1. The fourth-order valence-electron chi connectivity index (χ4n) is 1.97. The van der Waals surface area contributed by atoms with Crippen LogP contribution < -0.4 is 10.1 Å². The number of halogens is 2. The molecule has 2 aromatic rings. The van der Waals surface area contributed by atoms with Crippen LogP contribution >= 0.6 is 0 Å². The zero-order valence-electron chi connectivity index (χ0n) is 13.8. The fourth-order valence-corrected chi connectivity index (χ4v) is 1.97. The molecule has 7 heteroatoms. The SMILES string of the molecule is Cc1ccc(C)c(OCC(=O)OCC(=O)Nc2cc(F)ccc2F)c1. The number of ether oxygens (including phenoxy) is 2. The van der Waals surface area contributed by atoms with E-state index in [1.807, 2.05) is 26.0 Å². The van der Waals surface area contributed by atoms with Gasteiger partial charge in [0, 0.05) is 6.07 Å². The topological polar surface area (TPSA) is 64.6 Å². The molecule has 132 valence electrons. The highest BCUT2D eigenvalue weighted by Gasteiger charge is 2.12. The van der Waals surface area contributed by atoms with Crippen LogP contribution in [-0.4, -0.2) is 25.1 Å².